The highest BCUT2D eigenvalue weighted by atomic mass is 127. The fraction of sp³-hybridized carbons (Fsp3) is 0.333. The Morgan fingerprint density at radius 3 is 2.20 bits per heavy atom. The lowest BCUT2D eigenvalue weighted by atomic mass is 10.8. The molecule has 2 heteroatoms. The van der Waals surface area contributed by atoms with E-state index < -0.39 is 0 Å². The maximum atomic E-state index is 4.87. The van der Waals surface area contributed by atoms with Crippen molar-refractivity contribution in [2.75, 3.05) is 0 Å². The van der Waals surface area contributed by atoms with E-state index in [1.54, 1.807) is 0 Å². The second-order valence-corrected chi connectivity index (χ2v) is 4.34. The van der Waals surface area contributed by atoms with Crippen LogP contribution in [0.15, 0.2) is 0 Å². The Morgan fingerprint density at radius 1 is 2.00 bits per heavy atom. The molecule has 0 radical (unpaired) electrons. The van der Waals surface area contributed by atoms with Gasteiger partial charge in [0.25, 0.3) is 0 Å². The summed E-state index contributed by atoms with van der Waals surface area (Å²) in [5.74, 6) is 2.43. The second kappa shape index (κ2) is 2.98. The van der Waals surface area contributed by atoms with Crippen LogP contribution < -0.4 is 0 Å². The van der Waals surface area contributed by atoms with Gasteiger partial charge in [-0.05, 0) is 0 Å². The molecular formula is C3H2BrI. The van der Waals surface area contributed by atoms with Crippen LogP contribution in [0.5, 0.6) is 0 Å². The van der Waals surface area contributed by atoms with E-state index in [1.165, 1.54) is 0 Å². The van der Waals surface area contributed by atoms with E-state index in [4.69, 9.17) is 6.42 Å². The molecular weight excluding hydrogens is 243 g/mol. The zero-order valence-electron chi connectivity index (χ0n) is 2.41. The lowest BCUT2D eigenvalue weighted by Crippen LogP contribution is -1.67. The Bertz CT molecular complexity index is 52.4. The molecule has 0 amide bonds. The number of hydrogen-bond donors (Lipinski definition) is 0. The summed E-state index contributed by atoms with van der Waals surface area (Å²) in [6, 6.07) is 0. The van der Waals surface area contributed by atoms with E-state index in [2.05, 4.69) is 44.4 Å². The van der Waals surface area contributed by atoms with Gasteiger partial charge in [0.05, 0.1) is 0 Å². The van der Waals surface area contributed by atoms with Gasteiger partial charge in [-0.2, -0.15) is 0 Å². The van der Waals surface area contributed by atoms with Crippen molar-refractivity contribution in [2.45, 2.75) is 2.83 Å². The molecule has 1 atom stereocenters. The summed E-state index contributed by atoms with van der Waals surface area (Å²) in [5.41, 5.74) is 0. The molecule has 0 saturated carbocycles. The summed E-state index contributed by atoms with van der Waals surface area (Å²) >= 11 is 5.21. The molecule has 28 valence electrons. The van der Waals surface area contributed by atoms with Crippen molar-refractivity contribution in [3.8, 4) is 12.3 Å². The first kappa shape index (κ1) is 5.77. The molecule has 0 nitrogen and oxygen atoms in total. The molecule has 5 heavy (non-hydrogen) atoms. The van der Waals surface area contributed by atoms with E-state index in [1.807, 2.05) is 0 Å². The maximum absolute atomic E-state index is 4.87. The smallest absolute Gasteiger partial charge is 0.118 e. The van der Waals surface area contributed by atoms with Crippen LogP contribution in [0.4, 0.5) is 0 Å². The van der Waals surface area contributed by atoms with Crippen molar-refractivity contribution in [3.63, 3.8) is 0 Å². The SMILES string of the molecule is C#CC(Br)I. The van der Waals surface area contributed by atoms with Crippen LogP contribution in [-0.2, 0) is 0 Å². The maximum Gasteiger partial charge on any atom is 0.126 e. The predicted molar refractivity (Wildman–Crippen MR) is 35.6 cm³/mol. The minimum Gasteiger partial charge on any atom is -0.118 e. The van der Waals surface area contributed by atoms with Gasteiger partial charge in [-0.25, -0.2) is 0 Å². The van der Waals surface area contributed by atoms with Gasteiger partial charge in [0, 0.05) is 0 Å². The summed E-state index contributed by atoms with van der Waals surface area (Å²) in [4.78, 5) is 0. The number of halogens is 2. The summed E-state index contributed by atoms with van der Waals surface area (Å²) < 4.78 is 0.195. The number of rotatable bonds is 0. The van der Waals surface area contributed by atoms with Crippen LogP contribution in [0.1, 0.15) is 0 Å². The van der Waals surface area contributed by atoms with E-state index >= 15 is 0 Å². The fourth-order valence-electron chi connectivity index (χ4n) is 0. The minimum atomic E-state index is 0.195. The topological polar surface area (TPSA) is 0 Å². The Balaban J connectivity index is 2.94. The first-order valence-electron chi connectivity index (χ1n) is 1.01. The summed E-state index contributed by atoms with van der Waals surface area (Å²) in [6.07, 6.45) is 4.87. The van der Waals surface area contributed by atoms with Gasteiger partial charge in [0.2, 0.25) is 0 Å². The molecule has 0 aliphatic carbocycles. The third kappa shape index (κ3) is 4.77. The number of hydrogen-bond acceptors (Lipinski definition) is 0. The molecule has 0 aromatic heterocycles. The van der Waals surface area contributed by atoms with Gasteiger partial charge in [-0.15, -0.1) is 6.42 Å². The van der Waals surface area contributed by atoms with Crippen molar-refractivity contribution in [1.29, 1.82) is 0 Å². The Hall–Kier alpha value is 0.770. The Kier molecular flexibility index (Phi) is 3.44. The van der Waals surface area contributed by atoms with E-state index in [9.17, 15) is 0 Å². The second-order valence-electron chi connectivity index (χ2n) is 0.467. The van der Waals surface area contributed by atoms with Crippen molar-refractivity contribution < 1.29 is 0 Å². The largest absolute Gasteiger partial charge is 0.126 e. The average molecular weight is 245 g/mol. The van der Waals surface area contributed by atoms with Crippen molar-refractivity contribution >= 4 is 38.5 Å². The van der Waals surface area contributed by atoms with E-state index in [-0.39, 0.29) is 2.83 Å². The van der Waals surface area contributed by atoms with Crippen LogP contribution in [0.25, 0.3) is 0 Å². The highest BCUT2D eigenvalue weighted by Crippen LogP contribution is 2.04. The Morgan fingerprint density at radius 2 is 2.20 bits per heavy atom. The molecule has 0 aromatic carbocycles. The lowest BCUT2D eigenvalue weighted by molar-refractivity contribution is 1.94. The van der Waals surface area contributed by atoms with Gasteiger partial charge in [-0.3, -0.25) is 0 Å². The van der Waals surface area contributed by atoms with Crippen molar-refractivity contribution in [1.82, 2.24) is 0 Å². The molecule has 0 bridgehead atoms. The monoisotopic (exact) mass is 244 g/mol. The van der Waals surface area contributed by atoms with Gasteiger partial charge in [0.15, 0.2) is 0 Å². The predicted octanol–water partition coefficient (Wildman–Crippen LogP) is 1.78. The molecule has 0 heterocycles. The van der Waals surface area contributed by atoms with Gasteiger partial charge in [-0.1, -0.05) is 44.4 Å². The quantitative estimate of drug-likeness (QED) is 0.346. The van der Waals surface area contributed by atoms with Crippen LogP contribution in [0.2, 0.25) is 0 Å². The normalized spacial score (nSPS) is 13.0. The summed E-state index contributed by atoms with van der Waals surface area (Å²) in [5, 5.41) is 0. The molecule has 0 spiro atoms. The number of terminal acetylenes is 1. The first-order valence-corrected chi connectivity index (χ1v) is 3.18. The summed E-state index contributed by atoms with van der Waals surface area (Å²) in [6.45, 7) is 0. The van der Waals surface area contributed by atoms with Gasteiger partial charge < -0.3 is 0 Å². The zero-order chi connectivity index (χ0) is 4.28. The van der Waals surface area contributed by atoms with Crippen LogP contribution >= 0.6 is 38.5 Å². The minimum absolute atomic E-state index is 0.195. The van der Waals surface area contributed by atoms with Crippen LogP contribution in [0, 0.1) is 12.3 Å². The van der Waals surface area contributed by atoms with Crippen LogP contribution in [-0.4, -0.2) is 2.83 Å². The van der Waals surface area contributed by atoms with Gasteiger partial charge in [0.1, 0.15) is 2.83 Å². The van der Waals surface area contributed by atoms with Crippen LogP contribution in [0.3, 0.4) is 0 Å². The van der Waals surface area contributed by atoms with E-state index in [0.29, 0.717) is 0 Å². The molecule has 0 saturated heterocycles. The fourth-order valence-corrected chi connectivity index (χ4v) is 0. The third-order valence-electron chi connectivity index (χ3n) is 0.126. The highest BCUT2D eigenvalue weighted by molar-refractivity contribution is 14.1. The molecule has 0 N–H and O–H groups in total. The van der Waals surface area contributed by atoms with Gasteiger partial charge >= 0.3 is 0 Å². The molecule has 1 unspecified atom stereocenters. The zero-order valence-corrected chi connectivity index (χ0v) is 6.15. The average Bonchev–Trinajstić information content (AvgIpc) is 1.38. The molecule has 0 aliphatic rings. The molecule has 0 fully saturated rings. The molecule has 0 rings (SSSR count). The lowest BCUT2D eigenvalue weighted by Gasteiger charge is -1.74. The first-order chi connectivity index (χ1) is 2.27. The molecule has 0 aromatic rings. The summed E-state index contributed by atoms with van der Waals surface area (Å²) in [7, 11) is 0. The Labute approximate surface area is 53.6 Å². The third-order valence-corrected chi connectivity index (χ3v) is 0.750. The van der Waals surface area contributed by atoms with Crippen molar-refractivity contribution in [2.24, 2.45) is 0 Å². The van der Waals surface area contributed by atoms with E-state index in [0.717, 1.165) is 0 Å². The highest BCUT2D eigenvalue weighted by Gasteiger charge is 1.79. The number of alkyl halides is 2. The van der Waals surface area contributed by atoms with Crippen molar-refractivity contribution in [3.05, 3.63) is 0 Å². The molecule has 0 aliphatic heterocycles. The standard InChI is InChI=1S/C3H2BrI/c1-2-3(4)5/h1,3H.